The van der Waals surface area contributed by atoms with Crippen LogP contribution in [0.25, 0.3) is 0 Å². The smallest absolute Gasteiger partial charge is 0.222 e. The Morgan fingerprint density at radius 2 is 1.86 bits per heavy atom. The molecule has 0 spiro atoms. The summed E-state index contributed by atoms with van der Waals surface area (Å²) in [4.78, 5) is 15.3. The number of hydrogen-bond acceptors (Lipinski definition) is 3. The highest BCUT2D eigenvalue weighted by atomic mass is 32.2. The quantitative estimate of drug-likeness (QED) is 0.747. The number of carbonyl (C=O) groups excluding carboxylic acids is 1. The molecule has 0 aromatic heterocycles. The van der Waals surface area contributed by atoms with Crippen molar-refractivity contribution in [2.45, 2.75) is 44.6 Å². The van der Waals surface area contributed by atoms with Gasteiger partial charge in [-0.15, -0.1) is 11.8 Å². The topological polar surface area (TPSA) is 46.3 Å². The maximum Gasteiger partial charge on any atom is 0.222 e. The number of rotatable bonds is 8. The second-order valence-corrected chi connectivity index (χ2v) is 7.18. The van der Waals surface area contributed by atoms with E-state index in [-0.39, 0.29) is 11.3 Å². The molecule has 21 heavy (non-hydrogen) atoms. The predicted molar refractivity (Wildman–Crippen MR) is 91.4 cm³/mol. The fraction of sp³-hybridized carbons (Fsp3) is 0.588. The molecular weight excluding hydrogens is 280 g/mol. The minimum absolute atomic E-state index is 0.144. The molecule has 3 nitrogen and oxygen atoms in total. The second kappa shape index (κ2) is 8.44. The van der Waals surface area contributed by atoms with Gasteiger partial charge in [-0.3, -0.25) is 4.79 Å². The van der Waals surface area contributed by atoms with Crippen molar-refractivity contribution in [3.8, 4) is 0 Å². The zero-order valence-electron chi connectivity index (χ0n) is 13.7. The summed E-state index contributed by atoms with van der Waals surface area (Å²) in [6, 6.07) is 8.38. The molecule has 2 N–H and O–H groups in total. The first-order valence-corrected chi connectivity index (χ1v) is 8.67. The molecule has 0 bridgehead atoms. The minimum Gasteiger partial charge on any atom is -0.341 e. The van der Waals surface area contributed by atoms with Gasteiger partial charge in [0.2, 0.25) is 5.91 Å². The first kappa shape index (κ1) is 18.1. The molecule has 0 aliphatic rings. The molecule has 1 rings (SSSR count). The number of nitrogens with zero attached hydrogens (tertiary/aromatic N) is 1. The molecule has 0 atom stereocenters. The third-order valence-electron chi connectivity index (χ3n) is 3.84. The first-order chi connectivity index (χ1) is 9.88. The van der Waals surface area contributed by atoms with Crippen LogP contribution in [0, 0.1) is 5.41 Å². The van der Waals surface area contributed by atoms with Crippen LogP contribution in [-0.2, 0) is 11.3 Å². The fourth-order valence-electron chi connectivity index (χ4n) is 2.24. The van der Waals surface area contributed by atoms with Crippen molar-refractivity contribution in [1.82, 2.24) is 4.90 Å². The molecule has 0 unspecified atom stereocenters. The van der Waals surface area contributed by atoms with Gasteiger partial charge in [-0.25, -0.2) is 0 Å². The standard InChI is InChI=1S/C17H28N2OS/c1-17(2,11-12-18)10-9-16(20)19(3)13-14-5-7-15(21-4)8-6-14/h5-8H,9-13,18H2,1-4H3. The number of thioether (sulfide) groups is 1. The number of benzene rings is 1. The Balaban J connectivity index is 2.46. The predicted octanol–water partition coefficient (Wildman–Crippen LogP) is 3.52. The summed E-state index contributed by atoms with van der Waals surface area (Å²) >= 11 is 1.73. The molecule has 0 aliphatic carbocycles. The van der Waals surface area contributed by atoms with Crippen molar-refractivity contribution in [3.63, 3.8) is 0 Å². The summed E-state index contributed by atoms with van der Waals surface area (Å²) in [5.41, 5.74) is 6.92. The van der Waals surface area contributed by atoms with Crippen LogP contribution in [0.2, 0.25) is 0 Å². The van der Waals surface area contributed by atoms with Gasteiger partial charge in [0.25, 0.3) is 0 Å². The van der Waals surface area contributed by atoms with Crippen LogP contribution < -0.4 is 5.73 Å². The molecule has 0 heterocycles. The van der Waals surface area contributed by atoms with Crippen molar-refractivity contribution in [2.24, 2.45) is 11.1 Å². The van der Waals surface area contributed by atoms with Gasteiger partial charge in [0.15, 0.2) is 0 Å². The normalized spacial score (nSPS) is 11.5. The van der Waals surface area contributed by atoms with Crippen LogP contribution in [0.3, 0.4) is 0 Å². The van der Waals surface area contributed by atoms with E-state index in [1.54, 1.807) is 11.8 Å². The van der Waals surface area contributed by atoms with E-state index in [4.69, 9.17) is 5.73 Å². The van der Waals surface area contributed by atoms with E-state index < -0.39 is 0 Å². The molecule has 118 valence electrons. The van der Waals surface area contributed by atoms with Crippen molar-refractivity contribution in [1.29, 1.82) is 0 Å². The van der Waals surface area contributed by atoms with E-state index in [1.807, 2.05) is 11.9 Å². The van der Waals surface area contributed by atoms with Crippen molar-refractivity contribution < 1.29 is 4.79 Å². The summed E-state index contributed by atoms with van der Waals surface area (Å²) in [6.07, 6.45) is 4.50. The van der Waals surface area contributed by atoms with E-state index in [2.05, 4.69) is 44.4 Å². The second-order valence-electron chi connectivity index (χ2n) is 6.30. The Labute approximate surface area is 133 Å². The lowest BCUT2D eigenvalue weighted by molar-refractivity contribution is -0.131. The van der Waals surface area contributed by atoms with Gasteiger partial charge in [0.1, 0.15) is 0 Å². The Morgan fingerprint density at radius 1 is 1.24 bits per heavy atom. The first-order valence-electron chi connectivity index (χ1n) is 7.45. The minimum atomic E-state index is 0.144. The van der Waals surface area contributed by atoms with Crippen LogP contribution in [-0.4, -0.2) is 30.7 Å². The van der Waals surface area contributed by atoms with Gasteiger partial charge >= 0.3 is 0 Å². The molecule has 0 saturated heterocycles. The zero-order valence-corrected chi connectivity index (χ0v) is 14.5. The highest BCUT2D eigenvalue weighted by molar-refractivity contribution is 7.98. The molecule has 1 aromatic rings. The maximum atomic E-state index is 12.2. The van der Waals surface area contributed by atoms with E-state index >= 15 is 0 Å². The highest BCUT2D eigenvalue weighted by Gasteiger charge is 2.19. The van der Waals surface area contributed by atoms with Gasteiger partial charge in [-0.2, -0.15) is 0 Å². The van der Waals surface area contributed by atoms with Gasteiger partial charge in [-0.05, 0) is 48.8 Å². The number of carbonyl (C=O) groups is 1. The molecular formula is C17H28N2OS. The third-order valence-corrected chi connectivity index (χ3v) is 4.58. The van der Waals surface area contributed by atoms with E-state index in [0.717, 1.165) is 12.8 Å². The van der Waals surface area contributed by atoms with Gasteiger partial charge < -0.3 is 10.6 Å². The third kappa shape index (κ3) is 6.53. The maximum absolute atomic E-state index is 12.2. The van der Waals surface area contributed by atoms with E-state index in [1.165, 1.54) is 10.5 Å². The highest BCUT2D eigenvalue weighted by Crippen LogP contribution is 2.26. The summed E-state index contributed by atoms with van der Waals surface area (Å²) < 4.78 is 0. The number of amides is 1. The van der Waals surface area contributed by atoms with E-state index in [9.17, 15) is 4.79 Å². The number of hydrogen-bond donors (Lipinski definition) is 1. The summed E-state index contributed by atoms with van der Waals surface area (Å²) in [5, 5.41) is 0. The summed E-state index contributed by atoms with van der Waals surface area (Å²) in [7, 11) is 1.88. The van der Waals surface area contributed by atoms with E-state index in [0.29, 0.717) is 19.5 Å². The van der Waals surface area contributed by atoms with Gasteiger partial charge in [0, 0.05) is 24.9 Å². The summed E-state index contributed by atoms with van der Waals surface area (Å²) in [6.45, 7) is 5.70. The van der Waals surface area contributed by atoms with Crippen LogP contribution in [0.4, 0.5) is 0 Å². The Bertz CT molecular complexity index is 443. The molecule has 1 aromatic carbocycles. The van der Waals surface area contributed by atoms with Crippen LogP contribution >= 0.6 is 11.8 Å². The summed E-state index contributed by atoms with van der Waals surface area (Å²) in [5.74, 6) is 0.203. The average Bonchev–Trinajstić information content (AvgIpc) is 2.45. The van der Waals surface area contributed by atoms with Gasteiger partial charge in [0.05, 0.1) is 0 Å². The SMILES string of the molecule is CSc1ccc(CN(C)C(=O)CCC(C)(C)CCN)cc1. The zero-order chi connectivity index (χ0) is 15.9. The van der Waals surface area contributed by atoms with Crippen LogP contribution in [0.15, 0.2) is 29.2 Å². The molecule has 4 heteroatoms. The largest absolute Gasteiger partial charge is 0.341 e. The average molecular weight is 308 g/mol. The van der Waals surface area contributed by atoms with Crippen molar-refractivity contribution in [3.05, 3.63) is 29.8 Å². The van der Waals surface area contributed by atoms with Crippen LogP contribution in [0.5, 0.6) is 0 Å². The number of nitrogens with two attached hydrogens (primary N) is 1. The van der Waals surface area contributed by atoms with Crippen LogP contribution in [0.1, 0.15) is 38.7 Å². The van der Waals surface area contributed by atoms with Crippen molar-refractivity contribution in [2.75, 3.05) is 19.8 Å². The van der Waals surface area contributed by atoms with Gasteiger partial charge in [-0.1, -0.05) is 26.0 Å². The Hall–Kier alpha value is -1.00. The fourth-order valence-corrected chi connectivity index (χ4v) is 2.65. The lowest BCUT2D eigenvalue weighted by Crippen LogP contribution is -2.28. The Morgan fingerprint density at radius 3 is 2.38 bits per heavy atom. The monoisotopic (exact) mass is 308 g/mol. The molecule has 0 aliphatic heterocycles. The lowest BCUT2D eigenvalue weighted by atomic mass is 9.84. The lowest BCUT2D eigenvalue weighted by Gasteiger charge is -2.25. The molecule has 0 saturated carbocycles. The molecule has 1 amide bonds. The van der Waals surface area contributed by atoms with Crippen molar-refractivity contribution >= 4 is 17.7 Å². The molecule has 0 fully saturated rings. The Kier molecular flexibility index (Phi) is 7.26. The molecule has 0 radical (unpaired) electrons.